The molecule has 1 fully saturated rings. The summed E-state index contributed by atoms with van der Waals surface area (Å²) >= 11 is 0. The summed E-state index contributed by atoms with van der Waals surface area (Å²) in [5, 5.41) is 15.7. The highest BCUT2D eigenvalue weighted by Crippen LogP contribution is 2.02. The zero-order chi connectivity index (χ0) is 12.0. The topological polar surface area (TPSA) is 108 Å². The Balaban J connectivity index is 2.27. The van der Waals surface area contributed by atoms with Gasteiger partial charge in [0.25, 0.3) is 0 Å². The van der Waals surface area contributed by atoms with Gasteiger partial charge in [-0.1, -0.05) is 0 Å². The maximum atomic E-state index is 11.3. The van der Waals surface area contributed by atoms with Crippen molar-refractivity contribution in [1.29, 1.82) is 0 Å². The first-order valence-corrected chi connectivity index (χ1v) is 5.09. The second-order valence-electron chi connectivity index (χ2n) is 3.55. The van der Waals surface area contributed by atoms with E-state index in [2.05, 4.69) is 16.0 Å². The molecule has 1 aliphatic rings. The molecule has 0 saturated carbocycles. The Morgan fingerprint density at radius 1 is 1.50 bits per heavy atom. The van der Waals surface area contributed by atoms with E-state index < -0.39 is 12.1 Å². The van der Waals surface area contributed by atoms with Crippen molar-refractivity contribution < 1.29 is 19.5 Å². The average molecular weight is 229 g/mol. The lowest BCUT2D eigenvalue weighted by Gasteiger charge is -2.22. The van der Waals surface area contributed by atoms with Gasteiger partial charge in [-0.05, 0) is 6.42 Å². The summed E-state index contributed by atoms with van der Waals surface area (Å²) in [6.45, 7) is 0.408. The van der Waals surface area contributed by atoms with E-state index in [1.807, 2.05) is 0 Å². The number of imide groups is 1. The maximum Gasteiger partial charge on any atom is 0.321 e. The molecule has 0 bridgehead atoms. The molecule has 7 nitrogen and oxygen atoms in total. The Morgan fingerprint density at radius 2 is 2.25 bits per heavy atom. The van der Waals surface area contributed by atoms with Crippen LogP contribution in [0.15, 0.2) is 0 Å². The monoisotopic (exact) mass is 229 g/mol. The van der Waals surface area contributed by atoms with Gasteiger partial charge in [0.1, 0.15) is 0 Å². The van der Waals surface area contributed by atoms with Gasteiger partial charge in [0.2, 0.25) is 11.8 Å². The van der Waals surface area contributed by atoms with Gasteiger partial charge in [-0.3, -0.25) is 14.9 Å². The molecule has 1 heterocycles. The molecule has 16 heavy (non-hydrogen) atoms. The van der Waals surface area contributed by atoms with Crippen LogP contribution in [0.2, 0.25) is 0 Å². The zero-order valence-corrected chi connectivity index (χ0v) is 8.78. The predicted molar refractivity (Wildman–Crippen MR) is 54.4 cm³/mol. The maximum absolute atomic E-state index is 11.3. The second kappa shape index (κ2) is 6.06. The van der Waals surface area contributed by atoms with Crippen molar-refractivity contribution in [3.8, 4) is 0 Å². The van der Waals surface area contributed by atoms with Crippen LogP contribution in [0, 0.1) is 0 Å². The van der Waals surface area contributed by atoms with Crippen molar-refractivity contribution in [1.82, 2.24) is 16.0 Å². The molecule has 0 aromatic heterocycles. The lowest BCUT2D eigenvalue weighted by atomic mass is 10.1. The first-order valence-electron chi connectivity index (χ1n) is 5.09. The summed E-state index contributed by atoms with van der Waals surface area (Å²) in [5.41, 5.74) is 0. The fraction of sp³-hybridized carbons (Fsp3) is 0.667. The van der Waals surface area contributed by atoms with Gasteiger partial charge in [-0.2, -0.15) is 0 Å². The highest BCUT2D eigenvalue weighted by molar-refractivity contribution is 5.97. The lowest BCUT2D eigenvalue weighted by Crippen LogP contribution is -2.53. The number of nitrogens with one attached hydrogen (secondary N) is 3. The number of carbonyl (C=O) groups is 3. The molecule has 1 unspecified atom stereocenters. The molecular formula is C9H15N3O4. The molecule has 7 heteroatoms. The van der Waals surface area contributed by atoms with Crippen LogP contribution >= 0.6 is 0 Å². The summed E-state index contributed by atoms with van der Waals surface area (Å²) < 4.78 is 0. The highest BCUT2D eigenvalue weighted by atomic mass is 16.3. The molecular weight excluding hydrogens is 214 g/mol. The number of aliphatic hydroxyl groups is 1. The number of hydrogen-bond acceptors (Lipinski definition) is 4. The number of urea groups is 1. The van der Waals surface area contributed by atoms with E-state index >= 15 is 0 Å². The smallest absolute Gasteiger partial charge is 0.321 e. The molecule has 0 aliphatic carbocycles. The van der Waals surface area contributed by atoms with Crippen LogP contribution < -0.4 is 16.0 Å². The molecule has 1 atom stereocenters. The van der Waals surface area contributed by atoms with Crippen molar-refractivity contribution in [2.75, 3.05) is 13.2 Å². The van der Waals surface area contributed by atoms with Crippen LogP contribution in [0.1, 0.15) is 19.3 Å². The van der Waals surface area contributed by atoms with Gasteiger partial charge in [0.05, 0.1) is 0 Å². The molecule has 4 amide bonds. The van der Waals surface area contributed by atoms with Crippen molar-refractivity contribution >= 4 is 17.8 Å². The SMILES string of the molecule is O=C(CC1CC(=O)NC(=O)N1)NCCCO. The molecule has 90 valence electrons. The first kappa shape index (κ1) is 12.4. The zero-order valence-electron chi connectivity index (χ0n) is 8.78. The van der Waals surface area contributed by atoms with Crippen molar-refractivity contribution in [2.45, 2.75) is 25.3 Å². The van der Waals surface area contributed by atoms with Gasteiger partial charge in [0.15, 0.2) is 0 Å². The number of hydrogen-bond donors (Lipinski definition) is 4. The van der Waals surface area contributed by atoms with E-state index in [1.165, 1.54) is 0 Å². The van der Waals surface area contributed by atoms with Crippen LogP contribution in [0.4, 0.5) is 4.79 Å². The van der Waals surface area contributed by atoms with Gasteiger partial charge < -0.3 is 15.7 Å². The van der Waals surface area contributed by atoms with Gasteiger partial charge >= 0.3 is 6.03 Å². The normalized spacial score (nSPS) is 19.9. The number of aliphatic hydroxyl groups excluding tert-OH is 1. The third-order valence-electron chi connectivity index (χ3n) is 2.11. The van der Waals surface area contributed by atoms with E-state index in [0.29, 0.717) is 13.0 Å². The minimum absolute atomic E-state index is 0.0167. The summed E-state index contributed by atoms with van der Waals surface area (Å²) in [5.74, 6) is -0.620. The largest absolute Gasteiger partial charge is 0.396 e. The minimum atomic E-state index is -0.565. The third kappa shape index (κ3) is 4.26. The van der Waals surface area contributed by atoms with Crippen LogP contribution in [0.3, 0.4) is 0 Å². The van der Waals surface area contributed by atoms with Gasteiger partial charge in [0, 0.05) is 32.0 Å². The Labute approximate surface area is 92.6 Å². The molecule has 0 spiro atoms. The van der Waals surface area contributed by atoms with Crippen molar-refractivity contribution in [2.24, 2.45) is 0 Å². The van der Waals surface area contributed by atoms with E-state index in [9.17, 15) is 14.4 Å². The average Bonchev–Trinajstić information content (AvgIpc) is 2.16. The van der Waals surface area contributed by atoms with Crippen molar-refractivity contribution in [3.05, 3.63) is 0 Å². The molecule has 0 radical (unpaired) electrons. The number of amides is 4. The molecule has 1 rings (SSSR count). The Kier molecular flexibility index (Phi) is 4.71. The van der Waals surface area contributed by atoms with E-state index in [4.69, 9.17) is 5.11 Å². The standard InChI is InChI=1S/C9H15N3O4/c13-3-1-2-10-7(14)4-6-5-8(15)12-9(16)11-6/h6,13H,1-5H2,(H,10,14)(H2,11,12,15,16). The Bertz CT molecular complexity index is 276. The Hall–Kier alpha value is -1.63. The fourth-order valence-corrected chi connectivity index (χ4v) is 1.40. The third-order valence-corrected chi connectivity index (χ3v) is 2.11. The summed E-state index contributed by atoms with van der Waals surface area (Å²) in [6.07, 6.45) is 0.674. The predicted octanol–water partition coefficient (Wildman–Crippen LogP) is -1.53. The van der Waals surface area contributed by atoms with Crippen LogP contribution in [-0.4, -0.2) is 42.1 Å². The van der Waals surface area contributed by atoms with Crippen molar-refractivity contribution in [3.63, 3.8) is 0 Å². The minimum Gasteiger partial charge on any atom is -0.396 e. The molecule has 0 aromatic carbocycles. The van der Waals surface area contributed by atoms with E-state index in [1.54, 1.807) is 0 Å². The number of carbonyl (C=O) groups excluding carboxylic acids is 3. The number of rotatable bonds is 5. The van der Waals surface area contributed by atoms with Gasteiger partial charge in [-0.25, -0.2) is 4.79 Å². The summed E-state index contributed by atoms with van der Waals surface area (Å²) in [4.78, 5) is 33.2. The van der Waals surface area contributed by atoms with Gasteiger partial charge in [-0.15, -0.1) is 0 Å². The van der Waals surface area contributed by atoms with Crippen LogP contribution in [0.5, 0.6) is 0 Å². The van der Waals surface area contributed by atoms with E-state index in [0.717, 1.165) is 0 Å². The molecule has 1 aliphatic heterocycles. The Morgan fingerprint density at radius 3 is 2.88 bits per heavy atom. The van der Waals surface area contributed by atoms with Crippen LogP contribution in [0.25, 0.3) is 0 Å². The summed E-state index contributed by atoms with van der Waals surface area (Å²) in [7, 11) is 0. The van der Waals surface area contributed by atoms with Crippen LogP contribution in [-0.2, 0) is 9.59 Å². The first-order chi connectivity index (χ1) is 7.61. The second-order valence-corrected chi connectivity index (χ2v) is 3.55. The fourth-order valence-electron chi connectivity index (χ4n) is 1.40. The quantitative estimate of drug-likeness (QED) is 0.429. The van der Waals surface area contributed by atoms with E-state index in [-0.39, 0.29) is 31.3 Å². The summed E-state index contributed by atoms with van der Waals surface area (Å²) in [6, 6.07) is -1.01. The molecule has 0 aromatic rings. The molecule has 1 saturated heterocycles. The molecule has 4 N–H and O–H groups in total. The lowest BCUT2D eigenvalue weighted by molar-refractivity contribution is -0.123. The highest BCUT2D eigenvalue weighted by Gasteiger charge is 2.25.